The molecular weight excluding hydrogens is 270 g/mol. The predicted octanol–water partition coefficient (Wildman–Crippen LogP) is 2.67. The summed E-state index contributed by atoms with van der Waals surface area (Å²) in [6, 6.07) is 3.42. The molecule has 7 heteroatoms. The van der Waals surface area contributed by atoms with E-state index in [1.165, 1.54) is 6.07 Å². The number of halogens is 2. The lowest BCUT2D eigenvalue weighted by Gasteiger charge is -2.03. The van der Waals surface area contributed by atoms with Crippen molar-refractivity contribution in [2.75, 3.05) is 0 Å². The second kappa shape index (κ2) is 5.77. The van der Waals surface area contributed by atoms with Crippen LogP contribution in [0.5, 0.6) is 0 Å². The van der Waals surface area contributed by atoms with E-state index >= 15 is 0 Å². The molecule has 106 valence electrons. The third-order valence-electron chi connectivity index (χ3n) is 2.69. The normalized spacial score (nSPS) is 12.3. The maximum absolute atomic E-state index is 13.5. The molecule has 1 N–H and O–H groups in total. The first-order valence-electron chi connectivity index (χ1n) is 5.96. The van der Waals surface area contributed by atoms with Gasteiger partial charge < -0.3 is 9.52 Å². The third-order valence-corrected chi connectivity index (χ3v) is 2.69. The highest BCUT2D eigenvalue weighted by atomic mass is 19.1. The predicted molar refractivity (Wildman–Crippen MR) is 64.8 cm³/mol. The van der Waals surface area contributed by atoms with E-state index in [9.17, 15) is 13.6 Å². The molecule has 1 heterocycles. The molecule has 0 saturated heterocycles. The number of hydrogen-bond acceptors (Lipinski definition) is 4. The van der Waals surface area contributed by atoms with Gasteiger partial charge in [0.15, 0.2) is 0 Å². The monoisotopic (exact) mass is 282 g/mol. The van der Waals surface area contributed by atoms with Gasteiger partial charge in [-0.3, -0.25) is 4.79 Å². The number of nitrogens with zero attached hydrogens (tertiary/aromatic N) is 2. The molecule has 2 rings (SSSR count). The number of benzene rings is 1. The first kappa shape index (κ1) is 14.1. The highest BCUT2D eigenvalue weighted by Gasteiger charge is 2.19. The summed E-state index contributed by atoms with van der Waals surface area (Å²) in [7, 11) is 0. The fourth-order valence-corrected chi connectivity index (χ4v) is 1.81. The molecule has 5 nitrogen and oxygen atoms in total. The van der Waals surface area contributed by atoms with E-state index in [-0.39, 0.29) is 36.1 Å². The quantitative estimate of drug-likeness (QED) is 0.912. The fraction of sp³-hybridized carbons (Fsp3) is 0.308. The van der Waals surface area contributed by atoms with Crippen LogP contribution in [0.15, 0.2) is 22.6 Å². The summed E-state index contributed by atoms with van der Waals surface area (Å²) in [4.78, 5) is 10.6. The molecule has 1 aromatic heterocycles. The second-order valence-corrected chi connectivity index (χ2v) is 4.50. The topological polar surface area (TPSA) is 76.2 Å². The summed E-state index contributed by atoms with van der Waals surface area (Å²) in [5.74, 6) is -2.84. The molecule has 0 bridgehead atoms. The van der Waals surface area contributed by atoms with Crippen LogP contribution in [0.3, 0.4) is 0 Å². The lowest BCUT2D eigenvalue weighted by molar-refractivity contribution is -0.137. The van der Waals surface area contributed by atoms with Crippen molar-refractivity contribution in [2.45, 2.75) is 19.8 Å². The molecule has 1 unspecified atom stereocenters. The second-order valence-electron chi connectivity index (χ2n) is 4.50. The molecule has 2 aromatic rings. The number of carboxylic acids is 1. The smallest absolute Gasteiger partial charge is 0.303 e. The number of carbonyl (C=O) groups is 1. The molecule has 0 amide bonds. The number of aromatic nitrogens is 2. The van der Waals surface area contributed by atoms with Gasteiger partial charge >= 0.3 is 5.97 Å². The van der Waals surface area contributed by atoms with Gasteiger partial charge in [0, 0.05) is 12.8 Å². The van der Waals surface area contributed by atoms with E-state index in [0.29, 0.717) is 0 Å². The van der Waals surface area contributed by atoms with Gasteiger partial charge in [-0.1, -0.05) is 13.0 Å². The Hall–Kier alpha value is -2.31. The Morgan fingerprint density at radius 3 is 2.60 bits per heavy atom. The van der Waals surface area contributed by atoms with E-state index < -0.39 is 17.6 Å². The number of carboxylic acid groups (broad SMARTS) is 1. The Morgan fingerprint density at radius 1 is 1.35 bits per heavy atom. The van der Waals surface area contributed by atoms with E-state index in [4.69, 9.17) is 9.52 Å². The van der Waals surface area contributed by atoms with Crippen LogP contribution < -0.4 is 0 Å². The van der Waals surface area contributed by atoms with E-state index in [1.54, 1.807) is 6.92 Å². The van der Waals surface area contributed by atoms with Crippen LogP contribution in [-0.2, 0) is 11.2 Å². The maximum atomic E-state index is 13.5. The zero-order valence-corrected chi connectivity index (χ0v) is 10.6. The summed E-state index contributed by atoms with van der Waals surface area (Å²) >= 11 is 0. The van der Waals surface area contributed by atoms with Gasteiger partial charge in [-0.15, -0.1) is 10.2 Å². The SMILES string of the molecule is CC(CC(=O)O)Cc1nnc(-c2c(F)cccc2F)o1. The van der Waals surface area contributed by atoms with Crippen molar-refractivity contribution in [3.05, 3.63) is 35.7 Å². The van der Waals surface area contributed by atoms with Crippen LogP contribution in [0.25, 0.3) is 11.5 Å². The zero-order chi connectivity index (χ0) is 14.7. The van der Waals surface area contributed by atoms with Crippen molar-refractivity contribution in [1.29, 1.82) is 0 Å². The Labute approximate surface area is 113 Å². The average Bonchev–Trinajstić information content (AvgIpc) is 2.75. The number of aliphatic carboxylic acids is 1. The lowest BCUT2D eigenvalue weighted by atomic mass is 10.0. The highest BCUT2D eigenvalue weighted by Crippen LogP contribution is 2.25. The van der Waals surface area contributed by atoms with Crippen LogP contribution in [0.4, 0.5) is 8.78 Å². The minimum atomic E-state index is -0.933. The summed E-state index contributed by atoms with van der Waals surface area (Å²) in [6.07, 6.45) is 0.182. The molecule has 0 fully saturated rings. The van der Waals surface area contributed by atoms with Gasteiger partial charge in [0.25, 0.3) is 5.89 Å². The molecule has 0 radical (unpaired) electrons. The van der Waals surface area contributed by atoms with Gasteiger partial charge in [0.2, 0.25) is 5.89 Å². The minimum Gasteiger partial charge on any atom is -0.481 e. The van der Waals surface area contributed by atoms with Gasteiger partial charge in [0.1, 0.15) is 17.2 Å². The van der Waals surface area contributed by atoms with Crippen LogP contribution in [0.1, 0.15) is 19.2 Å². The van der Waals surface area contributed by atoms with Gasteiger partial charge in [-0.05, 0) is 18.1 Å². The van der Waals surface area contributed by atoms with Gasteiger partial charge in [0.05, 0.1) is 0 Å². The van der Waals surface area contributed by atoms with E-state index in [1.807, 2.05) is 0 Å². The maximum Gasteiger partial charge on any atom is 0.303 e. The Kier molecular flexibility index (Phi) is 4.07. The molecule has 0 aliphatic rings. The first-order chi connectivity index (χ1) is 9.47. The van der Waals surface area contributed by atoms with Gasteiger partial charge in [-0.25, -0.2) is 8.78 Å². The molecule has 0 aliphatic carbocycles. The highest BCUT2D eigenvalue weighted by molar-refractivity contribution is 5.66. The minimum absolute atomic E-state index is 0.0498. The Morgan fingerprint density at radius 2 is 2.00 bits per heavy atom. The summed E-state index contributed by atoms with van der Waals surface area (Å²) < 4.78 is 32.3. The summed E-state index contributed by atoms with van der Waals surface area (Å²) in [6.45, 7) is 1.71. The molecule has 0 aliphatic heterocycles. The zero-order valence-electron chi connectivity index (χ0n) is 10.6. The first-order valence-corrected chi connectivity index (χ1v) is 5.96. The Balaban J connectivity index is 2.19. The lowest BCUT2D eigenvalue weighted by Crippen LogP contribution is -2.07. The molecule has 0 saturated carbocycles. The summed E-state index contributed by atoms with van der Waals surface area (Å²) in [5.41, 5.74) is -0.378. The standard InChI is InChI=1S/C13H12F2N2O3/c1-7(6-11(18)19)5-10-16-17-13(20-10)12-8(14)3-2-4-9(12)15/h2-4,7H,5-6H2,1H3,(H,18,19). The molecule has 1 aromatic carbocycles. The van der Waals surface area contributed by atoms with Crippen LogP contribution in [0.2, 0.25) is 0 Å². The largest absolute Gasteiger partial charge is 0.481 e. The fourth-order valence-electron chi connectivity index (χ4n) is 1.81. The molecular formula is C13H12F2N2O3. The number of rotatable bonds is 5. The molecule has 0 spiro atoms. The van der Waals surface area contributed by atoms with Crippen LogP contribution in [0, 0.1) is 17.6 Å². The van der Waals surface area contributed by atoms with Crippen molar-refractivity contribution < 1.29 is 23.1 Å². The number of hydrogen-bond donors (Lipinski definition) is 1. The molecule has 20 heavy (non-hydrogen) atoms. The van der Waals surface area contributed by atoms with Crippen molar-refractivity contribution >= 4 is 5.97 Å². The van der Waals surface area contributed by atoms with Crippen molar-refractivity contribution in [1.82, 2.24) is 10.2 Å². The third kappa shape index (κ3) is 3.17. The van der Waals surface area contributed by atoms with E-state index in [2.05, 4.69) is 10.2 Å². The van der Waals surface area contributed by atoms with E-state index in [0.717, 1.165) is 12.1 Å². The van der Waals surface area contributed by atoms with Crippen molar-refractivity contribution in [2.24, 2.45) is 5.92 Å². The summed E-state index contributed by atoms with van der Waals surface area (Å²) in [5, 5.41) is 15.9. The van der Waals surface area contributed by atoms with Gasteiger partial charge in [-0.2, -0.15) is 0 Å². The Bertz CT molecular complexity index is 608. The van der Waals surface area contributed by atoms with Crippen LogP contribution in [-0.4, -0.2) is 21.3 Å². The van der Waals surface area contributed by atoms with Crippen molar-refractivity contribution in [3.8, 4) is 11.5 Å². The van der Waals surface area contributed by atoms with Crippen LogP contribution >= 0.6 is 0 Å². The molecule has 1 atom stereocenters. The van der Waals surface area contributed by atoms with Crippen molar-refractivity contribution in [3.63, 3.8) is 0 Å². The average molecular weight is 282 g/mol.